The Morgan fingerprint density at radius 1 is 1.21 bits per heavy atom. The number of methoxy groups -OCH3 is 3. The average molecular weight is 348 g/mol. The van der Waals surface area contributed by atoms with Crippen molar-refractivity contribution in [2.75, 3.05) is 26.6 Å². The van der Waals surface area contributed by atoms with Gasteiger partial charge >= 0.3 is 0 Å². The third-order valence-electron chi connectivity index (χ3n) is 3.85. The van der Waals surface area contributed by atoms with E-state index in [4.69, 9.17) is 14.2 Å². The molecule has 1 aromatic carbocycles. The molecule has 24 heavy (non-hydrogen) atoms. The van der Waals surface area contributed by atoms with Crippen molar-refractivity contribution in [3.05, 3.63) is 28.8 Å². The summed E-state index contributed by atoms with van der Waals surface area (Å²) in [6.45, 7) is 0. The van der Waals surface area contributed by atoms with E-state index in [1.165, 1.54) is 24.2 Å². The molecular weight excluding hydrogens is 328 g/mol. The Morgan fingerprint density at radius 3 is 2.42 bits per heavy atom. The topological polar surface area (TPSA) is 69.7 Å². The van der Waals surface area contributed by atoms with Gasteiger partial charge in [0.15, 0.2) is 16.6 Å². The van der Waals surface area contributed by atoms with Crippen molar-refractivity contribution >= 4 is 22.4 Å². The summed E-state index contributed by atoms with van der Waals surface area (Å²) in [4.78, 5) is 16.7. The van der Waals surface area contributed by atoms with Crippen molar-refractivity contribution in [1.29, 1.82) is 0 Å². The zero-order valence-corrected chi connectivity index (χ0v) is 14.7. The van der Waals surface area contributed by atoms with Gasteiger partial charge in [-0.25, -0.2) is 4.98 Å². The number of hydrogen-bond donors (Lipinski definition) is 1. The van der Waals surface area contributed by atoms with Crippen LogP contribution in [0.15, 0.2) is 17.5 Å². The van der Waals surface area contributed by atoms with Crippen LogP contribution < -0.4 is 19.5 Å². The fourth-order valence-electron chi connectivity index (χ4n) is 2.50. The van der Waals surface area contributed by atoms with Crippen LogP contribution in [-0.2, 0) is 11.2 Å². The number of carbonyl (C=O) groups excluding carboxylic acids is 1. The molecule has 128 valence electrons. The van der Waals surface area contributed by atoms with Crippen LogP contribution in [0.2, 0.25) is 0 Å². The molecule has 1 N–H and O–H groups in total. The van der Waals surface area contributed by atoms with Gasteiger partial charge in [0.05, 0.1) is 33.4 Å². The van der Waals surface area contributed by atoms with Crippen LogP contribution in [0.25, 0.3) is 0 Å². The molecule has 1 heterocycles. The lowest BCUT2D eigenvalue weighted by molar-refractivity contribution is -0.115. The van der Waals surface area contributed by atoms with Gasteiger partial charge in [-0.15, -0.1) is 11.3 Å². The third-order valence-corrected chi connectivity index (χ3v) is 4.63. The number of anilines is 1. The van der Waals surface area contributed by atoms with E-state index in [1.54, 1.807) is 33.5 Å². The van der Waals surface area contributed by atoms with Crippen LogP contribution in [-0.4, -0.2) is 32.2 Å². The van der Waals surface area contributed by atoms with Gasteiger partial charge in [-0.2, -0.15) is 0 Å². The fraction of sp³-hybridized carbons (Fsp3) is 0.412. The molecular formula is C17H20N2O4S. The second kappa shape index (κ2) is 7.09. The minimum Gasteiger partial charge on any atom is -0.493 e. The molecule has 1 saturated carbocycles. The van der Waals surface area contributed by atoms with E-state index in [9.17, 15) is 4.79 Å². The highest BCUT2D eigenvalue weighted by Crippen LogP contribution is 2.41. The van der Waals surface area contributed by atoms with E-state index in [0.717, 1.165) is 11.3 Å². The Hall–Kier alpha value is -2.28. The average Bonchev–Trinajstić information content (AvgIpc) is 3.33. The molecule has 1 aliphatic carbocycles. The first-order valence-electron chi connectivity index (χ1n) is 7.68. The maximum Gasteiger partial charge on any atom is 0.230 e. The molecule has 1 amide bonds. The first-order valence-corrected chi connectivity index (χ1v) is 8.56. The summed E-state index contributed by atoms with van der Waals surface area (Å²) in [7, 11) is 4.65. The Labute approximate surface area is 144 Å². The Morgan fingerprint density at radius 2 is 1.88 bits per heavy atom. The molecule has 0 unspecified atom stereocenters. The molecule has 0 aliphatic heterocycles. The van der Waals surface area contributed by atoms with Crippen LogP contribution >= 0.6 is 11.3 Å². The minimum absolute atomic E-state index is 0.124. The number of nitrogens with one attached hydrogen (secondary N) is 1. The van der Waals surface area contributed by atoms with Gasteiger partial charge in [0.25, 0.3) is 0 Å². The highest BCUT2D eigenvalue weighted by Gasteiger charge is 2.26. The number of ether oxygens (including phenoxy) is 3. The molecule has 1 fully saturated rings. The van der Waals surface area contributed by atoms with Gasteiger partial charge < -0.3 is 19.5 Å². The first-order chi connectivity index (χ1) is 11.6. The highest BCUT2D eigenvalue weighted by atomic mass is 32.1. The maximum absolute atomic E-state index is 12.3. The molecule has 1 aliphatic rings. The lowest BCUT2D eigenvalue weighted by atomic mass is 10.1. The lowest BCUT2D eigenvalue weighted by Gasteiger charge is -2.13. The van der Waals surface area contributed by atoms with Gasteiger partial charge in [-0.1, -0.05) is 0 Å². The van der Waals surface area contributed by atoms with Crippen LogP contribution in [0.3, 0.4) is 0 Å². The molecule has 0 atom stereocenters. The van der Waals surface area contributed by atoms with Crippen LogP contribution in [0, 0.1) is 0 Å². The van der Waals surface area contributed by atoms with E-state index in [1.807, 2.05) is 5.38 Å². The standard InChI is InChI=1S/C17H20N2O4S/c1-21-13-6-10(7-14(22-2)16(13)23-3)8-15(20)19-17-18-12(9-24-17)11-4-5-11/h6-7,9,11H,4-5,8H2,1-3H3,(H,18,19,20). The lowest BCUT2D eigenvalue weighted by Crippen LogP contribution is -2.14. The van der Waals surface area contributed by atoms with Gasteiger partial charge in [-0.05, 0) is 30.5 Å². The van der Waals surface area contributed by atoms with Crippen LogP contribution in [0.5, 0.6) is 17.2 Å². The fourth-order valence-corrected chi connectivity index (χ4v) is 3.30. The number of nitrogens with zero attached hydrogens (tertiary/aromatic N) is 1. The molecule has 3 rings (SSSR count). The molecule has 0 spiro atoms. The van der Waals surface area contributed by atoms with E-state index in [-0.39, 0.29) is 12.3 Å². The summed E-state index contributed by atoms with van der Waals surface area (Å²) in [5.41, 5.74) is 1.86. The number of carbonyl (C=O) groups is 1. The number of rotatable bonds is 7. The zero-order valence-electron chi connectivity index (χ0n) is 13.9. The van der Waals surface area contributed by atoms with E-state index < -0.39 is 0 Å². The highest BCUT2D eigenvalue weighted by molar-refractivity contribution is 7.13. The molecule has 0 saturated heterocycles. The van der Waals surface area contributed by atoms with Crippen LogP contribution in [0.1, 0.15) is 30.0 Å². The summed E-state index contributed by atoms with van der Waals surface area (Å²) in [6.07, 6.45) is 2.60. The summed E-state index contributed by atoms with van der Waals surface area (Å²) >= 11 is 1.47. The number of thiazole rings is 1. The number of benzene rings is 1. The predicted molar refractivity (Wildman–Crippen MR) is 92.5 cm³/mol. The second-order valence-corrected chi connectivity index (χ2v) is 6.47. The third kappa shape index (κ3) is 3.62. The van der Waals surface area contributed by atoms with Gasteiger partial charge in [-0.3, -0.25) is 4.79 Å². The summed E-state index contributed by atoms with van der Waals surface area (Å²) < 4.78 is 15.9. The van der Waals surface area contributed by atoms with Crippen molar-refractivity contribution in [1.82, 2.24) is 4.98 Å². The van der Waals surface area contributed by atoms with Crippen LogP contribution in [0.4, 0.5) is 5.13 Å². The number of hydrogen-bond acceptors (Lipinski definition) is 6. The van der Waals surface area contributed by atoms with E-state index >= 15 is 0 Å². The summed E-state index contributed by atoms with van der Waals surface area (Å²) in [6, 6.07) is 3.55. The predicted octanol–water partition coefficient (Wildman–Crippen LogP) is 3.23. The molecule has 2 aromatic rings. The second-order valence-electron chi connectivity index (χ2n) is 5.61. The molecule has 0 bridgehead atoms. The molecule has 0 radical (unpaired) electrons. The zero-order chi connectivity index (χ0) is 17.1. The van der Waals surface area contributed by atoms with Crippen molar-refractivity contribution in [2.24, 2.45) is 0 Å². The monoisotopic (exact) mass is 348 g/mol. The van der Waals surface area contributed by atoms with Crippen molar-refractivity contribution in [3.63, 3.8) is 0 Å². The SMILES string of the molecule is COc1cc(CC(=O)Nc2nc(C3CC3)cs2)cc(OC)c1OC. The molecule has 6 nitrogen and oxygen atoms in total. The van der Waals surface area contributed by atoms with Crippen molar-refractivity contribution in [3.8, 4) is 17.2 Å². The van der Waals surface area contributed by atoms with Gasteiger partial charge in [0.2, 0.25) is 11.7 Å². The van der Waals surface area contributed by atoms with Crippen molar-refractivity contribution in [2.45, 2.75) is 25.2 Å². The molecule has 7 heteroatoms. The van der Waals surface area contributed by atoms with E-state index in [0.29, 0.717) is 28.3 Å². The van der Waals surface area contributed by atoms with Gasteiger partial charge in [0, 0.05) is 11.3 Å². The minimum atomic E-state index is -0.124. The maximum atomic E-state index is 12.3. The Balaban J connectivity index is 1.70. The smallest absolute Gasteiger partial charge is 0.230 e. The summed E-state index contributed by atoms with van der Waals surface area (Å²) in [5, 5.41) is 5.52. The summed E-state index contributed by atoms with van der Waals surface area (Å²) in [5.74, 6) is 2.04. The Kier molecular flexibility index (Phi) is 4.89. The van der Waals surface area contributed by atoms with Crippen molar-refractivity contribution < 1.29 is 19.0 Å². The van der Waals surface area contributed by atoms with Gasteiger partial charge in [0.1, 0.15) is 0 Å². The largest absolute Gasteiger partial charge is 0.493 e. The quantitative estimate of drug-likeness (QED) is 0.832. The normalized spacial score (nSPS) is 13.5. The number of amides is 1. The first kappa shape index (κ1) is 16.6. The van der Waals surface area contributed by atoms with E-state index in [2.05, 4.69) is 10.3 Å². The Bertz CT molecular complexity index is 715. The number of aromatic nitrogens is 1. The molecule has 1 aromatic heterocycles.